The number of nitrogens with one attached hydrogen (secondary N) is 1. The Labute approximate surface area is 81.1 Å². The normalized spacial score (nSPS) is 9.92. The zero-order valence-electron chi connectivity index (χ0n) is 9.09. The van der Waals surface area contributed by atoms with E-state index >= 15 is 0 Å². The molecule has 0 aliphatic heterocycles. The van der Waals surface area contributed by atoms with Crippen molar-refractivity contribution in [1.82, 2.24) is 0 Å². The van der Waals surface area contributed by atoms with Crippen LogP contribution in [0.15, 0.2) is 12.2 Å². The van der Waals surface area contributed by atoms with Crippen LogP contribution in [0.3, 0.4) is 0 Å². The first-order chi connectivity index (χ1) is 6.04. The summed E-state index contributed by atoms with van der Waals surface area (Å²) in [5, 5.41) is 9.68. The second kappa shape index (κ2) is 11.2. The molecule has 0 rings (SSSR count). The lowest BCUT2D eigenvalue weighted by molar-refractivity contribution is -0.856. The first kappa shape index (κ1) is 14.7. The molecule has 3 nitrogen and oxygen atoms in total. The molecule has 0 aromatic heterocycles. The van der Waals surface area contributed by atoms with E-state index in [0.717, 1.165) is 18.9 Å². The average Bonchev–Trinajstić information content (AvgIpc) is 2.05. The number of carbonyl (C=O) groups is 1. The molecule has 0 aliphatic rings. The third-order valence-electron chi connectivity index (χ3n) is 1.42. The molecule has 3 heteroatoms. The van der Waals surface area contributed by atoms with Crippen molar-refractivity contribution in [3.8, 4) is 0 Å². The summed E-state index contributed by atoms with van der Waals surface area (Å²) in [6.45, 7) is 5.37. The van der Waals surface area contributed by atoms with Crippen molar-refractivity contribution in [3.05, 3.63) is 12.2 Å². The predicted octanol–water partition coefficient (Wildman–Crippen LogP) is -0.757. The van der Waals surface area contributed by atoms with Gasteiger partial charge in [-0.2, -0.15) is 0 Å². The molecule has 0 aliphatic carbocycles. The van der Waals surface area contributed by atoms with E-state index in [0.29, 0.717) is 0 Å². The van der Waals surface area contributed by atoms with Crippen LogP contribution >= 0.6 is 0 Å². The van der Waals surface area contributed by atoms with Crippen molar-refractivity contribution < 1.29 is 14.8 Å². The van der Waals surface area contributed by atoms with Gasteiger partial charge in [-0.05, 0) is 19.4 Å². The van der Waals surface area contributed by atoms with Crippen molar-refractivity contribution in [3.63, 3.8) is 0 Å². The van der Waals surface area contributed by atoms with Gasteiger partial charge in [0.2, 0.25) is 0 Å². The monoisotopic (exact) mass is 187 g/mol. The summed E-state index contributed by atoms with van der Waals surface area (Å²) < 4.78 is 0. The molecule has 0 bridgehead atoms. The molecule has 0 fully saturated rings. The summed E-state index contributed by atoms with van der Waals surface area (Å²) in [5.41, 5.74) is 0. The maximum absolute atomic E-state index is 9.68. The third kappa shape index (κ3) is 24.7. The van der Waals surface area contributed by atoms with Crippen LogP contribution in [0.1, 0.15) is 26.7 Å². The first-order valence-electron chi connectivity index (χ1n) is 4.71. The third-order valence-corrected chi connectivity index (χ3v) is 1.42. The summed E-state index contributed by atoms with van der Waals surface area (Å²) in [7, 11) is 4.28. The van der Waals surface area contributed by atoms with Gasteiger partial charge in [-0.25, -0.2) is 0 Å². The average molecular weight is 187 g/mol. The van der Waals surface area contributed by atoms with Gasteiger partial charge in [0.15, 0.2) is 0 Å². The van der Waals surface area contributed by atoms with Gasteiger partial charge in [-0.3, -0.25) is 0 Å². The molecular formula is C10H21NO2. The second-order valence-corrected chi connectivity index (χ2v) is 3.07. The molecule has 0 unspecified atom stereocenters. The van der Waals surface area contributed by atoms with E-state index in [1.807, 2.05) is 6.92 Å². The number of aliphatic carboxylic acids is 1. The number of unbranched alkanes of at least 4 members (excludes halogenated alkanes) is 1. The van der Waals surface area contributed by atoms with Gasteiger partial charge in [-0.1, -0.05) is 19.4 Å². The molecule has 78 valence electrons. The molecule has 0 atom stereocenters. The van der Waals surface area contributed by atoms with Crippen LogP contribution in [-0.2, 0) is 4.79 Å². The number of hydrogen-bond acceptors (Lipinski definition) is 2. The van der Waals surface area contributed by atoms with Gasteiger partial charge >= 0.3 is 0 Å². The minimum atomic E-state index is -1.11. The van der Waals surface area contributed by atoms with Crippen LogP contribution in [0.5, 0.6) is 0 Å². The summed E-state index contributed by atoms with van der Waals surface area (Å²) in [6, 6.07) is 0. The lowest BCUT2D eigenvalue weighted by atomic mass is 10.3. The van der Waals surface area contributed by atoms with Crippen LogP contribution in [0.25, 0.3) is 0 Å². The van der Waals surface area contributed by atoms with Crippen LogP contribution in [0.2, 0.25) is 0 Å². The van der Waals surface area contributed by atoms with Gasteiger partial charge in [-0.15, -0.1) is 0 Å². The largest absolute Gasteiger partial charge is 0.545 e. The highest BCUT2D eigenvalue weighted by Crippen LogP contribution is 1.86. The van der Waals surface area contributed by atoms with Crippen LogP contribution in [0, 0.1) is 0 Å². The van der Waals surface area contributed by atoms with Gasteiger partial charge in [0.25, 0.3) is 0 Å². The zero-order chi connectivity index (χ0) is 10.7. The summed E-state index contributed by atoms with van der Waals surface area (Å²) >= 11 is 0. The van der Waals surface area contributed by atoms with Gasteiger partial charge in [0.05, 0.1) is 26.6 Å². The van der Waals surface area contributed by atoms with E-state index in [-0.39, 0.29) is 0 Å². The smallest absolute Gasteiger partial charge is 0.0738 e. The van der Waals surface area contributed by atoms with E-state index in [1.54, 1.807) is 6.08 Å². The highest BCUT2D eigenvalue weighted by molar-refractivity contribution is 5.77. The second-order valence-electron chi connectivity index (χ2n) is 3.07. The molecule has 0 amide bonds. The Hall–Kier alpha value is -0.830. The SMILES string of the molecule is CCC/C=C/C(=O)[O-].CC[NH+](C)C. The van der Waals surface area contributed by atoms with E-state index in [2.05, 4.69) is 21.0 Å². The van der Waals surface area contributed by atoms with Crippen molar-refractivity contribution in [2.45, 2.75) is 26.7 Å². The van der Waals surface area contributed by atoms with Crippen molar-refractivity contribution in [1.29, 1.82) is 0 Å². The predicted molar refractivity (Wildman–Crippen MR) is 52.4 cm³/mol. The van der Waals surface area contributed by atoms with Crippen LogP contribution in [0.4, 0.5) is 0 Å². The molecule has 1 N–H and O–H groups in total. The van der Waals surface area contributed by atoms with Crippen LogP contribution < -0.4 is 10.0 Å². The van der Waals surface area contributed by atoms with Gasteiger partial charge in [0.1, 0.15) is 0 Å². The molecule has 0 saturated carbocycles. The number of rotatable bonds is 4. The molecule has 0 saturated heterocycles. The number of allylic oxidation sites excluding steroid dienone is 1. The molecule has 0 aromatic carbocycles. The number of quaternary nitrogens is 1. The Morgan fingerprint density at radius 2 is 1.85 bits per heavy atom. The zero-order valence-corrected chi connectivity index (χ0v) is 9.09. The highest BCUT2D eigenvalue weighted by atomic mass is 16.4. The van der Waals surface area contributed by atoms with E-state index in [1.165, 1.54) is 11.4 Å². The number of hydrogen-bond donors (Lipinski definition) is 1. The minimum absolute atomic E-state index is 0.813. The Kier molecular flexibility index (Phi) is 12.6. The first-order valence-corrected chi connectivity index (χ1v) is 4.71. The highest BCUT2D eigenvalue weighted by Gasteiger charge is 1.75. The number of carboxylic acid groups (broad SMARTS) is 1. The lowest BCUT2D eigenvalue weighted by Crippen LogP contribution is -3.05. The molecular weight excluding hydrogens is 166 g/mol. The van der Waals surface area contributed by atoms with Crippen molar-refractivity contribution in [2.75, 3.05) is 20.6 Å². The maximum atomic E-state index is 9.68. The lowest BCUT2D eigenvalue weighted by Gasteiger charge is -1.97. The quantitative estimate of drug-likeness (QED) is 0.588. The summed E-state index contributed by atoms with van der Waals surface area (Å²) in [6.07, 6.45) is 4.44. The molecule has 0 heterocycles. The fourth-order valence-corrected chi connectivity index (χ4v) is 0.346. The molecule has 0 aromatic rings. The minimum Gasteiger partial charge on any atom is -0.545 e. The topological polar surface area (TPSA) is 44.6 Å². The Morgan fingerprint density at radius 3 is 2.08 bits per heavy atom. The number of carbonyl (C=O) groups excluding carboxylic acids is 1. The fraction of sp³-hybridized carbons (Fsp3) is 0.700. The Balaban J connectivity index is 0. The standard InChI is InChI=1S/C6H10O2.C4H11N/c1-2-3-4-5-6(7)8;1-4-5(2)3/h4-5H,2-3H2,1H3,(H,7,8);4H2,1-3H3/b5-4+;. The number of carboxylic acids is 1. The summed E-state index contributed by atoms with van der Waals surface area (Å²) in [5.74, 6) is -1.11. The van der Waals surface area contributed by atoms with E-state index < -0.39 is 5.97 Å². The van der Waals surface area contributed by atoms with E-state index in [4.69, 9.17) is 0 Å². The Morgan fingerprint density at radius 1 is 1.38 bits per heavy atom. The Bertz CT molecular complexity index is 142. The molecule has 13 heavy (non-hydrogen) atoms. The van der Waals surface area contributed by atoms with Crippen molar-refractivity contribution in [2.24, 2.45) is 0 Å². The van der Waals surface area contributed by atoms with Crippen molar-refractivity contribution >= 4 is 5.97 Å². The maximum Gasteiger partial charge on any atom is 0.0738 e. The van der Waals surface area contributed by atoms with Crippen LogP contribution in [-0.4, -0.2) is 26.6 Å². The van der Waals surface area contributed by atoms with Gasteiger partial charge < -0.3 is 14.8 Å². The fourth-order valence-electron chi connectivity index (χ4n) is 0.346. The molecule has 0 radical (unpaired) electrons. The summed E-state index contributed by atoms with van der Waals surface area (Å²) in [4.78, 5) is 11.2. The van der Waals surface area contributed by atoms with Gasteiger partial charge in [0, 0.05) is 0 Å². The molecule has 0 spiro atoms. The van der Waals surface area contributed by atoms with E-state index in [9.17, 15) is 9.90 Å².